The first-order valence-corrected chi connectivity index (χ1v) is 7.04. The molecule has 2 aromatic carbocycles. The maximum absolute atomic E-state index is 12.4. The lowest BCUT2D eigenvalue weighted by Gasteiger charge is -2.29. The number of aryl methyl sites for hydroxylation is 1. The van der Waals surface area contributed by atoms with Gasteiger partial charge >= 0.3 is 5.97 Å². The van der Waals surface area contributed by atoms with Crippen LogP contribution < -0.4 is 4.74 Å². The van der Waals surface area contributed by atoms with Crippen LogP contribution in [0.1, 0.15) is 25.0 Å². The molecule has 0 radical (unpaired) electrons. The molecule has 0 saturated carbocycles. The second-order valence-corrected chi connectivity index (χ2v) is 5.03. The molecule has 0 spiro atoms. The molecular formula is C18H20O3. The monoisotopic (exact) mass is 284 g/mol. The van der Waals surface area contributed by atoms with Crippen LogP contribution in [0.4, 0.5) is 0 Å². The standard InChI is InChI=1S/C18H20O3/c1-4-20-17(19)18(3,15-8-6-5-7-9-15)21-16-12-10-14(2)11-13-16/h5-13H,4H2,1-3H3/t18-/m1/s1. The van der Waals surface area contributed by atoms with E-state index in [2.05, 4.69) is 0 Å². The largest absolute Gasteiger partial charge is 0.471 e. The van der Waals surface area contributed by atoms with Gasteiger partial charge in [0.1, 0.15) is 5.75 Å². The molecule has 2 rings (SSSR count). The minimum Gasteiger partial charge on any atom is -0.471 e. The lowest BCUT2D eigenvalue weighted by molar-refractivity contribution is -0.161. The van der Waals surface area contributed by atoms with Crippen molar-refractivity contribution in [3.8, 4) is 5.75 Å². The topological polar surface area (TPSA) is 35.5 Å². The highest BCUT2D eigenvalue weighted by Gasteiger charge is 2.39. The fraction of sp³-hybridized carbons (Fsp3) is 0.278. The summed E-state index contributed by atoms with van der Waals surface area (Å²) in [6, 6.07) is 17.0. The van der Waals surface area contributed by atoms with Crippen molar-refractivity contribution in [2.45, 2.75) is 26.4 Å². The number of hydrogen-bond donors (Lipinski definition) is 0. The zero-order valence-electron chi connectivity index (χ0n) is 12.6. The van der Waals surface area contributed by atoms with E-state index in [9.17, 15) is 4.79 Å². The predicted molar refractivity (Wildman–Crippen MR) is 82.2 cm³/mol. The van der Waals surface area contributed by atoms with E-state index in [0.29, 0.717) is 12.4 Å². The van der Waals surface area contributed by atoms with Crippen LogP contribution in [0.25, 0.3) is 0 Å². The van der Waals surface area contributed by atoms with Crippen LogP contribution in [0.5, 0.6) is 5.75 Å². The second kappa shape index (κ2) is 6.44. The summed E-state index contributed by atoms with van der Waals surface area (Å²) in [5, 5.41) is 0. The van der Waals surface area contributed by atoms with Crippen molar-refractivity contribution < 1.29 is 14.3 Å². The van der Waals surface area contributed by atoms with E-state index in [-0.39, 0.29) is 0 Å². The van der Waals surface area contributed by atoms with E-state index >= 15 is 0 Å². The van der Waals surface area contributed by atoms with Gasteiger partial charge in [-0.2, -0.15) is 0 Å². The summed E-state index contributed by atoms with van der Waals surface area (Å²) < 4.78 is 11.2. The Morgan fingerprint density at radius 2 is 1.67 bits per heavy atom. The summed E-state index contributed by atoms with van der Waals surface area (Å²) in [5.41, 5.74) is 0.746. The summed E-state index contributed by atoms with van der Waals surface area (Å²) in [5.74, 6) is 0.247. The van der Waals surface area contributed by atoms with Crippen molar-refractivity contribution in [3.05, 3.63) is 65.7 Å². The van der Waals surface area contributed by atoms with Gasteiger partial charge < -0.3 is 9.47 Å². The summed E-state index contributed by atoms with van der Waals surface area (Å²) >= 11 is 0. The van der Waals surface area contributed by atoms with Crippen molar-refractivity contribution >= 4 is 5.97 Å². The lowest BCUT2D eigenvalue weighted by Crippen LogP contribution is -2.40. The Kier molecular flexibility index (Phi) is 4.63. The van der Waals surface area contributed by atoms with Crippen LogP contribution >= 0.6 is 0 Å². The van der Waals surface area contributed by atoms with Gasteiger partial charge in [-0.15, -0.1) is 0 Å². The Balaban J connectivity index is 2.36. The number of hydrogen-bond acceptors (Lipinski definition) is 3. The number of esters is 1. The first-order chi connectivity index (χ1) is 10.1. The third-order valence-electron chi connectivity index (χ3n) is 3.33. The maximum Gasteiger partial charge on any atom is 0.354 e. The highest BCUT2D eigenvalue weighted by Crippen LogP contribution is 2.29. The van der Waals surface area contributed by atoms with Gasteiger partial charge in [0.15, 0.2) is 0 Å². The quantitative estimate of drug-likeness (QED) is 0.782. The SMILES string of the molecule is CCOC(=O)[C@](C)(Oc1ccc(C)cc1)c1ccccc1. The fourth-order valence-electron chi connectivity index (χ4n) is 2.09. The van der Waals surface area contributed by atoms with E-state index in [1.807, 2.05) is 61.5 Å². The fourth-order valence-corrected chi connectivity index (χ4v) is 2.09. The van der Waals surface area contributed by atoms with Crippen LogP contribution in [-0.2, 0) is 15.1 Å². The smallest absolute Gasteiger partial charge is 0.354 e. The molecule has 0 aliphatic rings. The summed E-state index contributed by atoms with van der Waals surface area (Å²) in [6.07, 6.45) is 0. The molecule has 0 amide bonds. The Labute approximate surface area is 125 Å². The van der Waals surface area contributed by atoms with Crippen molar-refractivity contribution in [1.82, 2.24) is 0 Å². The number of rotatable bonds is 5. The van der Waals surface area contributed by atoms with Gasteiger partial charge in [0.05, 0.1) is 6.61 Å². The van der Waals surface area contributed by atoms with E-state index in [1.54, 1.807) is 13.8 Å². The molecule has 1 atom stereocenters. The maximum atomic E-state index is 12.4. The molecule has 0 aliphatic heterocycles. The van der Waals surface area contributed by atoms with Crippen LogP contribution in [0.15, 0.2) is 54.6 Å². The van der Waals surface area contributed by atoms with Crippen molar-refractivity contribution in [3.63, 3.8) is 0 Å². The van der Waals surface area contributed by atoms with Crippen LogP contribution in [0, 0.1) is 6.92 Å². The van der Waals surface area contributed by atoms with Gasteiger partial charge in [0.25, 0.3) is 0 Å². The third-order valence-corrected chi connectivity index (χ3v) is 3.33. The van der Waals surface area contributed by atoms with Gasteiger partial charge in [-0.3, -0.25) is 0 Å². The van der Waals surface area contributed by atoms with Gasteiger partial charge in [0, 0.05) is 5.56 Å². The van der Waals surface area contributed by atoms with Gasteiger partial charge in [-0.25, -0.2) is 4.79 Å². The first kappa shape index (κ1) is 15.1. The van der Waals surface area contributed by atoms with E-state index in [1.165, 1.54) is 0 Å². The average Bonchev–Trinajstić information content (AvgIpc) is 2.50. The second-order valence-electron chi connectivity index (χ2n) is 5.03. The summed E-state index contributed by atoms with van der Waals surface area (Å²) in [4.78, 5) is 12.4. The van der Waals surface area contributed by atoms with Crippen LogP contribution in [-0.4, -0.2) is 12.6 Å². The minimum absolute atomic E-state index is 0.318. The predicted octanol–water partition coefficient (Wildman–Crippen LogP) is 3.85. The number of carbonyl (C=O) groups is 1. The molecular weight excluding hydrogens is 264 g/mol. The zero-order valence-corrected chi connectivity index (χ0v) is 12.6. The molecule has 2 aromatic rings. The molecule has 0 fully saturated rings. The molecule has 21 heavy (non-hydrogen) atoms. The Bertz CT molecular complexity index is 590. The number of carbonyl (C=O) groups excluding carboxylic acids is 1. The average molecular weight is 284 g/mol. The molecule has 0 heterocycles. The van der Waals surface area contributed by atoms with Crippen LogP contribution in [0.3, 0.4) is 0 Å². The number of benzene rings is 2. The number of ether oxygens (including phenoxy) is 2. The molecule has 0 unspecified atom stereocenters. The normalized spacial score (nSPS) is 13.3. The highest BCUT2D eigenvalue weighted by atomic mass is 16.6. The molecule has 0 saturated heterocycles. The Morgan fingerprint density at radius 3 is 2.24 bits per heavy atom. The van der Waals surface area contributed by atoms with E-state index in [0.717, 1.165) is 11.1 Å². The lowest BCUT2D eigenvalue weighted by atomic mass is 9.95. The van der Waals surface area contributed by atoms with Gasteiger partial charge in [-0.05, 0) is 32.9 Å². The minimum atomic E-state index is -1.16. The van der Waals surface area contributed by atoms with Crippen molar-refractivity contribution in [2.75, 3.05) is 6.61 Å². The van der Waals surface area contributed by atoms with Gasteiger partial charge in [-0.1, -0.05) is 48.0 Å². The van der Waals surface area contributed by atoms with Crippen molar-refractivity contribution in [1.29, 1.82) is 0 Å². The molecule has 0 aliphatic carbocycles. The third kappa shape index (κ3) is 3.43. The van der Waals surface area contributed by atoms with E-state index < -0.39 is 11.6 Å². The van der Waals surface area contributed by atoms with E-state index in [4.69, 9.17) is 9.47 Å². The first-order valence-electron chi connectivity index (χ1n) is 7.04. The highest BCUT2D eigenvalue weighted by molar-refractivity contribution is 5.81. The Morgan fingerprint density at radius 1 is 1.05 bits per heavy atom. The summed E-state index contributed by atoms with van der Waals surface area (Å²) in [7, 11) is 0. The molecule has 0 aromatic heterocycles. The van der Waals surface area contributed by atoms with Crippen LogP contribution in [0.2, 0.25) is 0 Å². The molecule has 3 nitrogen and oxygen atoms in total. The van der Waals surface area contributed by atoms with Gasteiger partial charge in [0.2, 0.25) is 5.60 Å². The molecule has 110 valence electrons. The van der Waals surface area contributed by atoms with Crippen molar-refractivity contribution in [2.24, 2.45) is 0 Å². The molecule has 0 N–H and O–H groups in total. The molecule has 0 bridgehead atoms. The summed E-state index contributed by atoms with van der Waals surface area (Å²) in [6.45, 7) is 5.85. The Hall–Kier alpha value is -2.29. The zero-order chi connectivity index (χ0) is 15.3. The molecule has 3 heteroatoms.